The van der Waals surface area contributed by atoms with Gasteiger partial charge >= 0.3 is 0 Å². The molecule has 0 saturated carbocycles. The molecule has 1 fully saturated rings. The monoisotopic (exact) mass is 258 g/mol. The van der Waals surface area contributed by atoms with Crippen molar-refractivity contribution in [3.63, 3.8) is 0 Å². The molecule has 0 radical (unpaired) electrons. The molecule has 88 valence electrons. The van der Waals surface area contributed by atoms with E-state index < -0.39 is 0 Å². The normalized spacial score (nSPS) is 21.2. The predicted octanol–water partition coefficient (Wildman–Crippen LogP) is 3.10. The lowest BCUT2D eigenvalue weighted by atomic mass is 10.1. The van der Waals surface area contributed by atoms with Crippen molar-refractivity contribution in [1.82, 2.24) is 5.32 Å². The smallest absolute Gasteiger partial charge is 0.0828 e. The second-order valence-electron chi connectivity index (χ2n) is 4.28. The number of benzene rings is 1. The third-order valence-corrected chi connectivity index (χ3v) is 4.03. The van der Waals surface area contributed by atoms with Crippen LogP contribution in [0.25, 0.3) is 0 Å². The number of hydrogen-bond acceptors (Lipinski definition) is 2. The molecule has 2 nitrogen and oxygen atoms in total. The highest BCUT2D eigenvalue weighted by Gasteiger charge is 2.21. The van der Waals surface area contributed by atoms with Crippen LogP contribution in [0.4, 0.5) is 5.69 Å². The molecular weight excluding hydrogens is 243 g/mol. The lowest BCUT2D eigenvalue weighted by molar-refractivity contribution is 0.501. The van der Waals surface area contributed by atoms with E-state index in [2.05, 4.69) is 23.2 Å². The molecule has 1 aliphatic rings. The van der Waals surface area contributed by atoms with Crippen LogP contribution >= 0.6 is 23.2 Å². The molecule has 1 heterocycles. The standard InChI is InChI=1S/C12H16Cl2N2/c1-8-3-4-10(12(14)11(8)13)16-6-5-15-7-9(16)2/h3-4,9,15H,5-7H2,1-2H3. The minimum Gasteiger partial charge on any atom is -0.365 e. The second-order valence-corrected chi connectivity index (χ2v) is 5.03. The van der Waals surface area contributed by atoms with Crippen molar-refractivity contribution in [3.8, 4) is 0 Å². The topological polar surface area (TPSA) is 15.3 Å². The van der Waals surface area contributed by atoms with Crippen LogP contribution in [0.5, 0.6) is 0 Å². The molecule has 1 unspecified atom stereocenters. The third kappa shape index (κ3) is 2.15. The Labute approximate surface area is 107 Å². The van der Waals surface area contributed by atoms with E-state index in [1.807, 2.05) is 13.0 Å². The summed E-state index contributed by atoms with van der Waals surface area (Å²) >= 11 is 12.5. The number of rotatable bonds is 1. The second kappa shape index (κ2) is 4.82. The molecule has 1 aromatic carbocycles. The fraction of sp³-hybridized carbons (Fsp3) is 0.500. The minimum absolute atomic E-state index is 0.449. The van der Waals surface area contributed by atoms with Crippen molar-refractivity contribution in [2.24, 2.45) is 0 Å². The summed E-state index contributed by atoms with van der Waals surface area (Å²) in [6.07, 6.45) is 0. The Morgan fingerprint density at radius 3 is 2.75 bits per heavy atom. The van der Waals surface area contributed by atoms with E-state index in [0.717, 1.165) is 30.9 Å². The van der Waals surface area contributed by atoms with Gasteiger partial charge in [0.25, 0.3) is 0 Å². The van der Waals surface area contributed by atoms with Gasteiger partial charge in [-0.3, -0.25) is 0 Å². The van der Waals surface area contributed by atoms with E-state index in [4.69, 9.17) is 23.2 Å². The summed E-state index contributed by atoms with van der Waals surface area (Å²) in [6, 6.07) is 4.54. The SMILES string of the molecule is Cc1ccc(N2CCNCC2C)c(Cl)c1Cl. The van der Waals surface area contributed by atoms with Crippen LogP contribution in [0.3, 0.4) is 0 Å². The summed E-state index contributed by atoms with van der Waals surface area (Å²) in [5.41, 5.74) is 2.07. The van der Waals surface area contributed by atoms with Gasteiger partial charge in [0.2, 0.25) is 0 Å². The average Bonchev–Trinajstić information content (AvgIpc) is 2.28. The quantitative estimate of drug-likeness (QED) is 0.833. The molecule has 1 N–H and O–H groups in total. The van der Waals surface area contributed by atoms with Crippen LogP contribution in [-0.2, 0) is 0 Å². The Morgan fingerprint density at radius 2 is 2.06 bits per heavy atom. The van der Waals surface area contributed by atoms with Gasteiger partial charge in [0, 0.05) is 25.7 Å². The fourth-order valence-electron chi connectivity index (χ4n) is 2.06. The summed E-state index contributed by atoms with van der Waals surface area (Å²) in [6.45, 7) is 7.11. The van der Waals surface area contributed by atoms with Gasteiger partial charge in [-0.15, -0.1) is 0 Å². The highest BCUT2D eigenvalue weighted by molar-refractivity contribution is 6.44. The lowest BCUT2D eigenvalue weighted by Crippen LogP contribution is -2.50. The Morgan fingerprint density at radius 1 is 1.31 bits per heavy atom. The molecule has 0 spiro atoms. The molecular formula is C12H16Cl2N2. The molecule has 0 amide bonds. The molecule has 0 bridgehead atoms. The van der Waals surface area contributed by atoms with Crippen molar-refractivity contribution in [2.45, 2.75) is 19.9 Å². The largest absolute Gasteiger partial charge is 0.365 e. The Kier molecular flexibility index (Phi) is 3.63. The molecule has 1 aliphatic heterocycles. The van der Waals surface area contributed by atoms with E-state index in [-0.39, 0.29) is 0 Å². The molecule has 1 aromatic rings. The van der Waals surface area contributed by atoms with Gasteiger partial charge in [-0.25, -0.2) is 0 Å². The van der Waals surface area contributed by atoms with Crippen LogP contribution in [0.1, 0.15) is 12.5 Å². The van der Waals surface area contributed by atoms with Gasteiger partial charge < -0.3 is 10.2 Å². The molecule has 2 rings (SSSR count). The highest BCUT2D eigenvalue weighted by atomic mass is 35.5. The minimum atomic E-state index is 0.449. The van der Waals surface area contributed by atoms with Crippen molar-refractivity contribution in [2.75, 3.05) is 24.5 Å². The summed E-state index contributed by atoms with van der Waals surface area (Å²) in [5.74, 6) is 0. The summed E-state index contributed by atoms with van der Waals surface area (Å²) < 4.78 is 0. The van der Waals surface area contributed by atoms with Gasteiger partial charge in [0.15, 0.2) is 0 Å². The molecule has 16 heavy (non-hydrogen) atoms. The number of piperazine rings is 1. The summed E-state index contributed by atoms with van der Waals surface area (Å²) in [5, 5.41) is 4.71. The molecule has 1 saturated heterocycles. The predicted molar refractivity (Wildman–Crippen MR) is 70.9 cm³/mol. The first-order valence-electron chi connectivity index (χ1n) is 5.53. The highest BCUT2D eigenvalue weighted by Crippen LogP contribution is 2.35. The molecule has 1 atom stereocenters. The molecule has 4 heteroatoms. The summed E-state index contributed by atoms with van der Waals surface area (Å²) in [7, 11) is 0. The number of nitrogens with one attached hydrogen (secondary N) is 1. The maximum Gasteiger partial charge on any atom is 0.0828 e. The van der Waals surface area contributed by atoms with E-state index in [9.17, 15) is 0 Å². The third-order valence-electron chi connectivity index (χ3n) is 3.07. The van der Waals surface area contributed by atoms with Crippen LogP contribution in [0.15, 0.2) is 12.1 Å². The van der Waals surface area contributed by atoms with Gasteiger partial charge in [-0.05, 0) is 25.5 Å². The van der Waals surface area contributed by atoms with E-state index >= 15 is 0 Å². The van der Waals surface area contributed by atoms with Crippen LogP contribution in [0, 0.1) is 6.92 Å². The molecule has 0 aliphatic carbocycles. The summed E-state index contributed by atoms with van der Waals surface area (Å²) in [4.78, 5) is 2.31. The first-order valence-corrected chi connectivity index (χ1v) is 6.29. The van der Waals surface area contributed by atoms with Crippen molar-refractivity contribution in [3.05, 3.63) is 27.7 Å². The van der Waals surface area contributed by atoms with Gasteiger partial charge in [0.05, 0.1) is 15.7 Å². The van der Waals surface area contributed by atoms with Crippen LogP contribution in [-0.4, -0.2) is 25.7 Å². The van der Waals surface area contributed by atoms with Gasteiger partial charge in [-0.2, -0.15) is 0 Å². The maximum absolute atomic E-state index is 6.30. The van der Waals surface area contributed by atoms with E-state index in [1.54, 1.807) is 0 Å². The van der Waals surface area contributed by atoms with Crippen molar-refractivity contribution < 1.29 is 0 Å². The van der Waals surface area contributed by atoms with Crippen LogP contribution in [0.2, 0.25) is 10.0 Å². The average molecular weight is 259 g/mol. The van der Waals surface area contributed by atoms with E-state index in [1.165, 1.54) is 0 Å². The first-order chi connectivity index (χ1) is 7.61. The number of hydrogen-bond donors (Lipinski definition) is 1. The fourth-order valence-corrected chi connectivity index (χ4v) is 2.54. The maximum atomic E-state index is 6.30. The van der Waals surface area contributed by atoms with E-state index in [0.29, 0.717) is 16.1 Å². The number of nitrogens with zero attached hydrogens (tertiary/aromatic N) is 1. The Bertz CT molecular complexity index is 393. The lowest BCUT2D eigenvalue weighted by Gasteiger charge is -2.36. The van der Waals surface area contributed by atoms with Crippen molar-refractivity contribution in [1.29, 1.82) is 0 Å². The first kappa shape index (κ1) is 12.0. The number of aryl methyl sites for hydroxylation is 1. The zero-order valence-electron chi connectivity index (χ0n) is 9.56. The zero-order valence-corrected chi connectivity index (χ0v) is 11.1. The Hall–Kier alpha value is -0.440. The number of anilines is 1. The Balaban J connectivity index is 2.36. The number of halogens is 2. The van der Waals surface area contributed by atoms with Crippen molar-refractivity contribution >= 4 is 28.9 Å². The van der Waals surface area contributed by atoms with Crippen LogP contribution < -0.4 is 10.2 Å². The van der Waals surface area contributed by atoms with Gasteiger partial charge in [0.1, 0.15) is 0 Å². The zero-order chi connectivity index (χ0) is 11.7. The van der Waals surface area contributed by atoms with Gasteiger partial charge in [-0.1, -0.05) is 29.3 Å². The molecule has 0 aromatic heterocycles.